The van der Waals surface area contributed by atoms with E-state index in [2.05, 4.69) is 9.97 Å². The summed E-state index contributed by atoms with van der Waals surface area (Å²) in [6.45, 7) is 1.93. The van der Waals surface area contributed by atoms with E-state index in [4.69, 9.17) is 28.9 Å². The van der Waals surface area contributed by atoms with Crippen LogP contribution < -0.4 is 5.73 Å². The van der Waals surface area contributed by atoms with Gasteiger partial charge in [0.2, 0.25) is 0 Å². The number of pyridine rings is 1. The highest BCUT2D eigenvalue weighted by atomic mass is 35.5. The molecule has 0 saturated carbocycles. The van der Waals surface area contributed by atoms with Crippen molar-refractivity contribution in [1.29, 1.82) is 0 Å². The van der Waals surface area contributed by atoms with Crippen LogP contribution in [0.3, 0.4) is 0 Å². The summed E-state index contributed by atoms with van der Waals surface area (Å²) >= 11 is 14.9. The van der Waals surface area contributed by atoms with Crippen LogP contribution in [0, 0.1) is 6.92 Å². The smallest absolute Gasteiger partial charge is 0.181 e. The molecule has 0 aliphatic rings. The zero-order valence-electron chi connectivity index (χ0n) is 8.91. The molecule has 0 radical (unpaired) electrons. The lowest BCUT2D eigenvalue weighted by atomic mass is 10.4. The molecule has 90 valence electrons. The van der Waals surface area contributed by atoms with Crippen molar-refractivity contribution in [2.24, 2.45) is 0 Å². The largest absolute Gasteiger partial charge is 0.375 e. The lowest BCUT2D eigenvalue weighted by Crippen LogP contribution is -1.88. The lowest BCUT2D eigenvalue weighted by molar-refractivity contribution is 1.17. The van der Waals surface area contributed by atoms with Crippen LogP contribution in [0.25, 0.3) is 0 Å². The van der Waals surface area contributed by atoms with E-state index in [9.17, 15) is 0 Å². The lowest BCUT2D eigenvalue weighted by Gasteiger charge is -2.02. The Morgan fingerprint density at radius 1 is 1.35 bits per heavy atom. The third-order valence-corrected chi connectivity index (χ3v) is 4.91. The summed E-state index contributed by atoms with van der Waals surface area (Å²) < 4.78 is 1.08. The number of thioether (sulfide) groups is 1. The highest BCUT2D eigenvalue weighted by Gasteiger charge is 2.09. The fourth-order valence-corrected chi connectivity index (χ4v) is 3.62. The molecule has 0 aliphatic carbocycles. The summed E-state index contributed by atoms with van der Waals surface area (Å²) in [7, 11) is 0. The van der Waals surface area contributed by atoms with Crippen molar-refractivity contribution in [3.8, 4) is 0 Å². The van der Waals surface area contributed by atoms with Crippen LogP contribution in [0.1, 0.15) is 11.4 Å². The molecule has 0 atom stereocenters. The summed E-state index contributed by atoms with van der Waals surface area (Å²) in [5, 5.41) is 1.65. The average molecular weight is 306 g/mol. The van der Waals surface area contributed by atoms with Crippen molar-refractivity contribution in [3.63, 3.8) is 0 Å². The van der Waals surface area contributed by atoms with Crippen LogP contribution in [0.15, 0.2) is 16.3 Å². The Morgan fingerprint density at radius 3 is 2.76 bits per heavy atom. The van der Waals surface area contributed by atoms with Crippen LogP contribution in [0.5, 0.6) is 0 Å². The maximum absolute atomic E-state index is 6.04. The number of anilines is 1. The van der Waals surface area contributed by atoms with Gasteiger partial charge in [-0.15, -0.1) is 11.8 Å². The van der Waals surface area contributed by atoms with Gasteiger partial charge in [0.15, 0.2) is 5.13 Å². The van der Waals surface area contributed by atoms with Gasteiger partial charge in [0.05, 0.1) is 20.6 Å². The van der Waals surface area contributed by atoms with Gasteiger partial charge in [-0.25, -0.2) is 9.97 Å². The predicted octanol–water partition coefficient (Wildman–Crippen LogP) is 4.03. The van der Waals surface area contributed by atoms with Crippen molar-refractivity contribution in [2.75, 3.05) is 5.73 Å². The molecule has 2 aromatic rings. The van der Waals surface area contributed by atoms with Crippen LogP contribution in [-0.2, 0) is 5.75 Å². The Morgan fingerprint density at radius 2 is 2.12 bits per heavy atom. The molecule has 2 aromatic heterocycles. The van der Waals surface area contributed by atoms with E-state index in [1.807, 2.05) is 6.92 Å². The van der Waals surface area contributed by atoms with Gasteiger partial charge in [0.1, 0.15) is 5.15 Å². The van der Waals surface area contributed by atoms with Gasteiger partial charge in [-0.2, -0.15) is 0 Å². The van der Waals surface area contributed by atoms with Gasteiger partial charge >= 0.3 is 0 Å². The molecule has 17 heavy (non-hydrogen) atoms. The molecule has 7 heteroatoms. The first-order valence-electron chi connectivity index (χ1n) is 4.73. The molecule has 0 bridgehead atoms. The number of hydrogen-bond donors (Lipinski definition) is 1. The van der Waals surface area contributed by atoms with Crippen molar-refractivity contribution < 1.29 is 0 Å². The molecule has 0 unspecified atom stereocenters. The summed E-state index contributed by atoms with van der Waals surface area (Å²) in [4.78, 5) is 8.35. The van der Waals surface area contributed by atoms with Crippen LogP contribution >= 0.6 is 46.3 Å². The fourth-order valence-electron chi connectivity index (χ4n) is 1.23. The second-order valence-corrected chi connectivity index (χ2v) is 6.35. The van der Waals surface area contributed by atoms with Crippen molar-refractivity contribution in [2.45, 2.75) is 16.9 Å². The van der Waals surface area contributed by atoms with E-state index in [0.29, 0.717) is 21.1 Å². The quantitative estimate of drug-likeness (QED) is 0.687. The Balaban J connectivity index is 2.12. The highest BCUT2D eigenvalue weighted by Crippen LogP contribution is 2.33. The van der Waals surface area contributed by atoms with Crippen LogP contribution in [0.2, 0.25) is 10.2 Å². The molecule has 2 rings (SSSR count). The first kappa shape index (κ1) is 13.0. The second-order valence-electron chi connectivity index (χ2n) is 3.28. The number of aromatic nitrogens is 2. The van der Waals surface area contributed by atoms with Crippen molar-refractivity contribution in [1.82, 2.24) is 9.97 Å². The third kappa shape index (κ3) is 3.25. The normalized spacial score (nSPS) is 10.8. The molecule has 0 amide bonds. The molecule has 0 aromatic carbocycles. The maximum atomic E-state index is 6.04. The molecular weight excluding hydrogens is 297 g/mol. The van der Waals surface area contributed by atoms with E-state index in [1.165, 1.54) is 11.3 Å². The van der Waals surface area contributed by atoms with E-state index < -0.39 is 0 Å². The molecule has 0 fully saturated rings. The van der Waals surface area contributed by atoms with Crippen LogP contribution in [0.4, 0.5) is 5.13 Å². The Hall–Kier alpha value is -0.490. The number of nitrogen functional groups attached to an aromatic ring is 1. The van der Waals surface area contributed by atoms with Gasteiger partial charge in [0.25, 0.3) is 0 Å². The maximum Gasteiger partial charge on any atom is 0.181 e. The minimum Gasteiger partial charge on any atom is -0.375 e. The standard InChI is InChI=1S/C10H9Cl2N3S2/c1-5-9(17-10(13)14-5)16-4-7-6(11)2-3-8(12)15-7/h2-3H,4H2,1H3,(H2,13,14). The number of nitrogens with two attached hydrogens (primary N) is 1. The van der Waals surface area contributed by atoms with E-state index in [1.54, 1.807) is 23.9 Å². The Kier molecular flexibility index (Phi) is 4.14. The first-order valence-corrected chi connectivity index (χ1v) is 7.28. The predicted molar refractivity (Wildman–Crippen MR) is 75.1 cm³/mol. The van der Waals surface area contributed by atoms with Gasteiger partial charge < -0.3 is 5.73 Å². The van der Waals surface area contributed by atoms with Crippen molar-refractivity contribution in [3.05, 3.63) is 33.7 Å². The van der Waals surface area contributed by atoms with E-state index >= 15 is 0 Å². The molecule has 3 nitrogen and oxygen atoms in total. The number of hydrogen-bond acceptors (Lipinski definition) is 5. The van der Waals surface area contributed by atoms with Gasteiger partial charge in [0, 0.05) is 5.75 Å². The van der Waals surface area contributed by atoms with E-state index in [0.717, 1.165) is 15.6 Å². The third-order valence-electron chi connectivity index (χ3n) is 2.00. The number of thiazole rings is 1. The summed E-state index contributed by atoms with van der Waals surface area (Å²) in [5.74, 6) is 0.655. The minimum absolute atomic E-state index is 0.450. The van der Waals surface area contributed by atoms with Crippen LogP contribution in [-0.4, -0.2) is 9.97 Å². The zero-order valence-corrected chi connectivity index (χ0v) is 12.1. The molecular formula is C10H9Cl2N3S2. The molecule has 0 spiro atoms. The van der Waals surface area contributed by atoms with Gasteiger partial charge in [-0.1, -0.05) is 34.5 Å². The number of nitrogens with zero attached hydrogens (tertiary/aromatic N) is 2. The molecule has 2 N–H and O–H groups in total. The monoisotopic (exact) mass is 305 g/mol. The van der Waals surface area contributed by atoms with E-state index in [-0.39, 0.29) is 0 Å². The Labute approximate surface area is 117 Å². The summed E-state index contributed by atoms with van der Waals surface area (Å²) in [6, 6.07) is 3.43. The summed E-state index contributed by atoms with van der Waals surface area (Å²) in [6.07, 6.45) is 0. The molecule has 0 saturated heterocycles. The SMILES string of the molecule is Cc1nc(N)sc1SCc1nc(Cl)ccc1Cl. The van der Waals surface area contributed by atoms with Gasteiger partial charge in [-0.05, 0) is 19.1 Å². The first-order chi connectivity index (χ1) is 8.06. The highest BCUT2D eigenvalue weighted by molar-refractivity contribution is 8.00. The average Bonchev–Trinajstić information content (AvgIpc) is 2.59. The van der Waals surface area contributed by atoms with Gasteiger partial charge in [-0.3, -0.25) is 0 Å². The number of halogens is 2. The Bertz CT molecular complexity index is 542. The topological polar surface area (TPSA) is 51.8 Å². The second kappa shape index (κ2) is 5.44. The molecule has 2 heterocycles. The number of rotatable bonds is 3. The zero-order chi connectivity index (χ0) is 12.4. The molecule has 0 aliphatic heterocycles. The summed E-state index contributed by atoms with van der Waals surface area (Å²) in [5.41, 5.74) is 7.35. The fraction of sp³-hybridized carbons (Fsp3) is 0.200. The minimum atomic E-state index is 0.450. The van der Waals surface area contributed by atoms with Crippen molar-refractivity contribution >= 4 is 51.4 Å². The number of aryl methyl sites for hydroxylation is 1.